The van der Waals surface area contributed by atoms with Crippen LogP contribution in [-0.2, 0) is 9.53 Å². The average molecular weight is 323 g/mol. The zero-order chi connectivity index (χ0) is 13.5. The van der Waals surface area contributed by atoms with Crippen LogP contribution in [0.2, 0.25) is 0 Å². The van der Waals surface area contributed by atoms with Gasteiger partial charge in [-0.25, -0.2) is 4.39 Å². The van der Waals surface area contributed by atoms with Crippen molar-refractivity contribution in [1.82, 2.24) is 10.2 Å². The molecule has 2 rings (SSSR count). The van der Waals surface area contributed by atoms with Crippen LogP contribution >= 0.6 is 15.9 Å². The minimum Gasteiger partial charge on any atom is -0.394 e. The van der Waals surface area contributed by atoms with Crippen molar-refractivity contribution in [2.75, 3.05) is 6.61 Å². The number of halogens is 2. The minimum atomic E-state index is -2.28. The number of rotatable bonds is 2. The molecule has 3 N–H and O–H groups in total. The molecule has 2 heterocycles. The first kappa shape index (κ1) is 13.5. The zero-order valence-corrected chi connectivity index (χ0v) is 10.8. The summed E-state index contributed by atoms with van der Waals surface area (Å²) in [7, 11) is 0. The van der Waals surface area contributed by atoms with Crippen LogP contribution in [0.1, 0.15) is 0 Å². The van der Waals surface area contributed by atoms with Crippen LogP contribution in [0.25, 0.3) is 0 Å². The highest BCUT2D eigenvalue weighted by Crippen LogP contribution is 2.42. The number of hydrogen-bond acceptors (Lipinski definition) is 5. The summed E-state index contributed by atoms with van der Waals surface area (Å²) >= 11 is 2.75. The van der Waals surface area contributed by atoms with Crippen LogP contribution in [0, 0.1) is 0 Å². The number of hydrogen-bond donors (Lipinski definition) is 3. The lowest BCUT2D eigenvalue weighted by atomic mass is 10.1. The van der Waals surface area contributed by atoms with Crippen molar-refractivity contribution in [2.45, 2.75) is 23.0 Å². The van der Waals surface area contributed by atoms with Crippen molar-refractivity contribution < 1.29 is 24.1 Å². The van der Waals surface area contributed by atoms with E-state index in [2.05, 4.69) is 27.8 Å². The Kier molecular flexibility index (Phi) is 3.45. The third-order valence-electron chi connectivity index (χ3n) is 2.78. The molecule has 2 aliphatic rings. The van der Waals surface area contributed by atoms with Gasteiger partial charge >= 0.3 is 0 Å². The van der Waals surface area contributed by atoms with Crippen LogP contribution < -0.4 is 5.32 Å². The first-order chi connectivity index (χ1) is 8.37. The highest BCUT2D eigenvalue weighted by Gasteiger charge is 2.58. The molecule has 0 aromatic heterocycles. The normalized spacial score (nSPS) is 40.2. The van der Waals surface area contributed by atoms with E-state index < -0.39 is 29.6 Å². The lowest BCUT2D eigenvalue weighted by molar-refractivity contribution is -0.118. The fraction of sp³-hybridized carbons (Fsp3) is 0.500. The molecular formula is C10H12BrFN2O4. The molecule has 0 saturated carbocycles. The Labute approximate surface area is 111 Å². The number of amides is 1. The van der Waals surface area contributed by atoms with Crippen LogP contribution in [0.5, 0.6) is 0 Å². The molecular weight excluding hydrogens is 311 g/mol. The highest BCUT2D eigenvalue weighted by molar-refractivity contribution is 9.10. The van der Waals surface area contributed by atoms with Crippen LogP contribution in [0.4, 0.5) is 4.39 Å². The largest absolute Gasteiger partial charge is 0.394 e. The van der Waals surface area contributed by atoms with Gasteiger partial charge in [-0.15, -0.1) is 0 Å². The van der Waals surface area contributed by atoms with E-state index in [1.165, 1.54) is 17.2 Å². The molecule has 4 atom stereocenters. The lowest BCUT2D eigenvalue weighted by Crippen LogP contribution is -2.49. The standard InChI is InChI=1S/C10H12BrFN2O4/c1-5-13-7(16)2-3-14(5)9-10(11,12)8(17)6(4-15)18-9/h2-3,6,8-9,15,17H,1,4H2,(H,13,16)/t6-,8?,9-,10-/m1/s1. The van der Waals surface area contributed by atoms with E-state index in [-0.39, 0.29) is 11.7 Å². The molecule has 0 aliphatic carbocycles. The van der Waals surface area contributed by atoms with E-state index in [0.717, 1.165) is 0 Å². The van der Waals surface area contributed by atoms with Gasteiger partial charge in [0.2, 0.25) is 4.58 Å². The summed E-state index contributed by atoms with van der Waals surface area (Å²) in [6.07, 6.45) is -1.35. The van der Waals surface area contributed by atoms with Gasteiger partial charge < -0.3 is 25.2 Å². The second kappa shape index (κ2) is 4.61. The number of alkyl halides is 2. The molecule has 0 spiro atoms. The summed E-state index contributed by atoms with van der Waals surface area (Å²) in [4.78, 5) is 12.3. The maximum atomic E-state index is 14.4. The fourth-order valence-corrected chi connectivity index (χ4v) is 2.45. The van der Waals surface area contributed by atoms with Crippen molar-refractivity contribution in [1.29, 1.82) is 0 Å². The first-order valence-corrected chi connectivity index (χ1v) is 5.96. The molecule has 100 valence electrons. The van der Waals surface area contributed by atoms with Gasteiger partial charge in [0.15, 0.2) is 6.23 Å². The SMILES string of the molecule is C=C1NC(=O)C=CN1[C@@H]1O[C@H](CO)C(O)[C@]1(F)Br. The number of aliphatic hydroxyl groups excluding tert-OH is 2. The van der Waals surface area contributed by atoms with Crippen LogP contribution in [0.3, 0.4) is 0 Å². The Hall–Kier alpha value is -0.960. The number of nitrogens with one attached hydrogen (secondary N) is 1. The number of nitrogens with zero attached hydrogens (tertiary/aromatic N) is 1. The Bertz CT molecular complexity index is 415. The van der Waals surface area contributed by atoms with E-state index in [4.69, 9.17) is 9.84 Å². The number of carbonyl (C=O) groups excluding carboxylic acids is 1. The third-order valence-corrected chi connectivity index (χ3v) is 3.64. The van der Waals surface area contributed by atoms with Gasteiger partial charge in [-0.05, 0) is 15.9 Å². The van der Waals surface area contributed by atoms with E-state index in [1.54, 1.807) is 0 Å². The maximum Gasteiger partial charge on any atom is 0.250 e. The molecule has 0 radical (unpaired) electrons. The number of aliphatic hydroxyl groups is 2. The Balaban J connectivity index is 2.26. The Morgan fingerprint density at radius 3 is 2.89 bits per heavy atom. The monoisotopic (exact) mass is 322 g/mol. The summed E-state index contributed by atoms with van der Waals surface area (Å²) in [5.74, 6) is -0.257. The molecule has 1 amide bonds. The summed E-state index contributed by atoms with van der Waals surface area (Å²) < 4.78 is 17.3. The lowest BCUT2D eigenvalue weighted by Gasteiger charge is -2.34. The van der Waals surface area contributed by atoms with Gasteiger partial charge in [0, 0.05) is 12.3 Å². The van der Waals surface area contributed by atoms with Crippen molar-refractivity contribution in [3.63, 3.8) is 0 Å². The van der Waals surface area contributed by atoms with Gasteiger partial charge in [-0.2, -0.15) is 0 Å². The van der Waals surface area contributed by atoms with Crippen molar-refractivity contribution in [3.05, 3.63) is 24.7 Å². The van der Waals surface area contributed by atoms with Crippen LogP contribution in [-0.4, -0.2) is 50.6 Å². The summed E-state index contributed by atoms with van der Waals surface area (Å²) in [5.41, 5.74) is 0. The minimum absolute atomic E-state index is 0.125. The predicted octanol–water partition coefficient (Wildman–Crippen LogP) is -0.458. The summed E-state index contributed by atoms with van der Waals surface area (Å²) in [5, 5.41) is 21.1. The number of carbonyl (C=O) groups is 1. The molecule has 8 heteroatoms. The van der Waals surface area contributed by atoms with E-state index in [0.29, 0.717) is 0 Å². The fourth-order valence-electron chi connectivity index (χ4n) is 1.82. The van der Waals surface area contributed by atoms with Gasteiger partial charge in [0.05, 0.1) is 6.61 Å². The van der Waals surface area contributed by atoms with E-state index in [1.807, 2.05) is 0 Å². The molecule has 0 aromatic rings. The van der Waals surface area contributed by atoms with Crippen molar-refractivity contribution in [3.8, 4) is 0 Å². The molecule has 1 saturated heterocycles. The average Bonchev–Trinajstić information content (AvgIpc) is 2.52. The van der Waals surface area contributed by atoms with Gasteiger partial charge in [0.1, 0.15) is 18.0 Å². The second-order valence-corrected chi connectivity index (χ2v) is 5.20. The van der Waals surface area contributed by atoms with Crippen LogP contribution in [0.15, 0.2) is 24.7 Å². The first-order valence-electron chi connectivity index (χ1n) is 5.16. The zero-order valence-electron chi connectivity index (χ0n) is 9.22. The smallest absolute Gasteiger partial charge is 0.250 e. The summed E-state index contributed by atoms with van der Waals surface area (Å²) in [6.45, 7) is 3.04. The molecule has 2 aliphatic heterocycles. The van der Waals surface area contributed by atoms with E-state index in [9.17, 15) is 14.3 Å². The van der Waals surface area contributed by atoms with Crippen molar-refractivity contribution in [2.24, 2.45) is 0 Å². The third kappa shape index (κ3) is 2.05. The number of ether oxygens (including phenoxy) is 1. The molecule has 1 unspecified atom stereocenters. The van der Waals surface area contributed by atoms with Crippen molar-refractivity contribution >= 4 is 21.8 Å². The summed E-state index contributed by atoms with van der Waals surface area (Å²) in [6, 6.07) is 0. The van der Waals surface area contributed by atoms with Gasteiger partial charge in [-0.1, -0.05) is 6.58 Å². The predicted molar refractivity (Wildman–Crippen MR) is 62.8 cm³/mol. The topological polar surface area (TPSA) is 82.0 Å². The van der Waals surface area contributed by atoms with Gasteiger partial charge in [0.25, 0.3) is 5.91 Å². The maximum absolute atomic E-state index is 14.4. The molecule has 0 bridgehead atoms. The van der Waals surface area contributed by atoms with Gasteiger partial charge in [-0.3, -0.25) is 4.79 Å². The van der Waals surface area contributed by atoms with E-state index >= 15 is 0 Å². The molecule has 18 heavy (non-hydrogen) atoms. The highest BCUT2D eigenvalue weighted by atomic mass is 79.9. The molecule has 0 aromatic carbocycles. The Morgan fingerprint density at radius 2 is 2.39 bits per heavy atom. The Morgan fingerprint density at radius 1 is 1.72 bits per heavy atom. The quantitative estimate of drug-likeness (QED) is 0.599. The second-order valence-electron chi connectivity index (χ2n) is 3.99. The molecule has 6 nitrogen and oxygen atoms in total. The molecule has 1 fully saturated rings.